The zero-order valence-corrected chi connectivity index (χ0v) is 21.4. The molecule has 0 aliphatic carbocycles. The molecule has 4 rings (SSSR count). The van der Waals surface area contributed by atoms with Gasteiger partial charge in [0.05, 0.1) is 18.4 Å². The number of halogens is 1. The van der Waals surface area contributed by atoms with E-state index in [1.807, 2.05) is 34.6 Å². The maximum atomic E-state index is 13.9. The lowest BCUT2D eigenvalue weighted by atomic mass is 9.81. The zero-order valence-electron chi connectivity index (χ0n) is 21.4. The number of hydrogen-bond donors (Lipinski definition) is 0. The molecule has 2 saturated heterocycles. The van der Waals surface area contributed by atoms with E-state index in [2.05, 4.69) is 10.1 Å². The molecule has 0 unspecified atom stereocenters. The highest BCUT2D eigenvalue weighted by molar-refractivity contribution is 5.98. The van der Waals surface area contributed by atoms with Gasteiger partial charge in [0.15, 0.2) is 11.6 Å². The van der Waals surface area contributed by atoms with Crippen LogP contribution < -0.4 is 0 Å². The van der Waals surface area contributed by atoms with Crippen LogP contribution in [0.5, 0.6) is 0 Å². The molecule has 0 aromatic carbocycles. The fraction of sp³-hybridized carbons (Fsp3) is 0.560. The molecule has 10 nitrogen and oxygen atoms in total. The van der Waals surface area contributed by atoms with Gasteiger partial charge in [0.1, 0.15) is 17.7 Å². The Morgan fingerprint density at radius 1 is 1.19 bits per heavy atom. The number of aromatic nitrogens is 3. The Labute approximate surface area is 210 Å². The Bertz CT molecular complexity index is 1130. The monoisotopic (exact) mass is 500 g/mol. The third-order valence-electron chi connectivity index (χ3n) is 6.85. The minimum atomic E-state index is -1.00. The summed E-state index contributed by atoms with van der Waals surface area (Å²) in [7, 11) is 0. The first-order valence-corrected chi connectivity index (χ1v) is 12.2. The van der Waals surface area contributed by atoms with Gasteiger partial charge in [-0.15, -0.1) is 0 Å². The second-order valence-electron chi connectivity index (χ2n) is 10.3. The van der Waals surface area contributed by atoms with Crippen LogP contribution in [-0.4, -0.2) is 84.7 Å². The molecule has 2 aromatic heterocycles. The molecule has 194 valence electrons. The highest BCUT2D eigenvalue weighted by Gasteiger charge is 2.54. The molecule has 2 aliphatic rings. The summed E-state index contributed by atoms with van der Waals surface area (Å²) in [5.41, 5.74) is -0.866. The van der Waals surface area contributed by atoms with Crippen molar-refractivity contribution in [2.75, 3.05) is 26.2 Å². The number of rotatable bonds is 4. The third-order valence-corrected chi connectivity index (χ3v) is 6.85. The lowest BCUT2D eigenvalue weighted by Gasteiger charge is -2.53. The Morgan fingerprint density at radius 2 is 1.89 bits per heavy atom. The van der Waals surface area contributed by atoms with Gasteiger partial charge in [0.2, 0.25) is 11.8 Å². The average molecular weight is 501 g/mol. The quantitative estimate of drug-likeness (QED) is 0.640. The summed E-state index contributed by atoms with van der Waals surface area (Å²) < 4.78 is 20.1. The van der Waals surface area contributed by atoms with Crippen LogP contribution in [0.1, 0.15) is 59.1 Å². The molecule has 11 heteroatoms. The molecule has 2 fully saturated rings. The SMILES string of the molecule is CCN1C(=O)CN([C@@H](C)c2ccc(-n3cc(F)cn3)nc2)C(=O)C12CCN(C(=O)OC(C)(C)C)CC2. The Balaban J connectivity index is 1.53. The molecule has 1 atom stereocenters. The highest BCUT2D eigenvalue weighted by atomic mass is 19.1. The Morgan fingerprint density at radius 3 is 2.42 bits per heavy atom. The van der Waals surface area contributed by atoms with E-state index in [-0.39, 0.29) is 18.4 Å². The molecule has 4 heterocycles. The van der Waals surface area contributed by atoms with E-state index >= 15 is 0 Å². The molecule has 0 N–H and O–H groups in total. The number of nitrogens with zero attached hydrogens (tertiary/aromatic N) is 6. The molecular formula is C25H33FN6O4. The summed E-state index contributed by atoms with van der Waals surface area (Å²) >= 11 is 0. The van der Waals surface area contributed by atoms with Gasteiger partial charge in [0.25, 0.3) is 0 Å². The van der Waals surface area contributed by atoms with Crippen molar-refractivity contribution in [1.82, 2.24) is 29.5 Å². The molecule has 3 amide bonds. The van der Waals surface area contributed by atoms with Crippen molar-refractivity contribution < 1.29 is 23.5 Å². The minimum absolute atomic E-state index is 0.0303. The van der Waals surface area contributed by atoms with Gasteiger partial charge < -0.3 is 19.4 Å². The van der Waals surface area contributed by atoms with Crippen molar-refractivity contribution in [2.24, 2.45) is 0 Å². The van der Waals surface area contributed by atoms with Crippen LogP contribution in [-0.2, 0) is 14.3 Å². The zero-order chi connectivity index (χ0) is 26.3. The van der Waals surface area contributed by atoms with E-state index in [9.17, 15) is 18.8 Å². The summed E-state index contributed by atoms with van der Waals surface area (Å²) in [4.78, 5) is 48.9. The summed E-state index contributed by atoms with van der Waals surface area (Å²) in [6.45, 7) is 10.2. The number of ether oxygens (including phenoxy) is 1. The van der Waals surface area contributed by atoms with Crippen LogP contribution in [0.15, 0.2) is 30.7 Å². The topological polar surface area (TPSA) is 101 Å². The number of likely N-dealkylation sites (N-methyl/N-ethyl adjacent to an activating group) is 1. The van der Waals surface area contributed by atoms with Crippen LogP contribution >= 0.6 is 0 Å². The molecule has 1 spiro atoms. The number of piperazine rings is 1. The molecule has 2 aliphatic heterocycles. The Kier molecular flexibility index (Phi) is 6.76. The average Bonchev–Trinajstić information content (AvgIpc) is 3.27. The lowest BCUT2D eigenvalue weighted by Crippen LogP contribution is -2.71. The van der Waals surface area contributed by atoms with Gasteiger partial charge in [0, 0.05) is 25.8 Å². The predicted molar refractivity (Wildman–Crippen MR) is 129 cm³/mol. The number of carbonyl (C=O) groups is 3. The van der Waals surface area contributed by atoms with Crippen molar-refractivity contribution >= 4 is 17.9 Å². The first kappa shape index (κ1) is 25.6. The fourth-order valence-electron chi connectivity index (χ4n) is 4.97. The summed E-state index contributed by atoms with van der Waals surface area (Å²) in [5, 5.41) is 3.91. The maximum absolute atomic E-state index is 13.9. The predicted octanol–water partition coefficient (Wildman–Crippen LogP) is 2.93. The van der Waals surface area contributed by atoms with Crippen LogP contribution in [0, 0.1) is 5.82 Å². The summed E-state index contributed by atoms with van der Waals surface area (Å²) in [6.07, 6.45) is 4.21. The first-order chi connectivity index (χ1) is 16.9. The summed E-state index contributed by atoms with van der Waals surface area (Å²) in [6, 6.07) is 3.09. The fourth-order valence-corrected chi connectivity index (χ4v) is 4.97. The van der Waals surface area contributed by atoms with E-state index in [1.165, 1.54) is 10.9 Å². The van der Waals surface area contributed by atoms with Crippen molar-refractivity contribution in [3.63, 3.8) is 0 Å². The van der Waals surface area contributed by atoms with E-state index in [1.54, 1.807) is 33.0 Å². The van der Waals surface area contributed by atoms with E-state index in [4.69, 9.17) is 4.74 Å². The van der Waals surface area contributed by atoms with Gasteiger partial charge in [-0.05, 0) is 59.1 Å². The number of hydrogen-bond acceptors (Lipinski definition) is 6. The maximum Gasteiger partial charge on any atom is 0.410 e. The standard InChI is InChI=1S/C25H33FN6O4/c1-6-31-21(33)16-30(17(2)18-7-8-20(27-13-18)32-15-19(26)14-28-32)22(34)25(31)9-11-29(12-10-25)23(35)36-24(3,4)5/h7-8,13-15,17H,6,9-12,16H2,1-5H3/t17-/m0/s1. The van der Waals surface area contributed by atoms with Crippen molar-refractivity contribution in [3.05, 3.63) is 42.1 Å². The molecular weight excluding hydrogens is 467 g/mol. The minimum Gasteiger partial charge on any atom is -0.444 e. The highest BCUT2D eigenvalue weighted by Crippen LogP contribution is 2.37. The van der Waals surface area contributed by atoms with Crippen LogP contribution in [0.3, 0.4) is 0 Å². The van der Waals surface area contributed by atoms with Gasteiger partial charge in [-0.3, -0.25) is 9.59 Å². The van der Waals surface area contributed by atoms with Crippen molar-refractivity contribution in [3.8, 4) is 5.82 Å². The lowest BCUT2D eigenvalue weighted by molar-refractivity contribution is -0.170. The first-order valence-electron chi connectivity index (χ1n) is 12.2. The van der Waals surface area contributed by atoms with Gasteiger partial charge in [-0.25, -0.2) is 18.9 Å². The molecule has 36 heavy (non-hydrogen) atoms. The van der Waals surface area contributed by atoms with Gasteiger partial charge in [-0.1, -0.05) is 6.07 Å². The van der Waals surface area contributed by atoms with E-state index in [0.717, 1.165) is 11.8 Å². The molecule has 0 bridgehead atoms. The molecule has 2 aromatic rings. The number of pyridine rings is 1. The van der Waals surface area contributed by atoms with E-state index in [0.29, 0.717) is 38.3 Å². The largest absolute Gasteiger partial charge is 0.444 e. The van der Waals surface area contributed by atoms with Crippen molar-refractivity contribution in [1.29, 1.82) is 0 Å². The van der Waals surface area contributed by atoms with Crippen LogP contribution in [0.2, 0.25) is 0 Å². The number of piperidine rings is 1. The van der Waals surface area contributed by atoms with E-state index < -0.39 is 29.1 Å². The van der Waals surface area contributed by atoms with Gasteiger partial charge >= 0.3 is 6.09 Å². The molecule has 0 radical (unpaired) electrons. The van der Waals surface area contributed by atoms with Crippen LogP contribution in [0.25, 0.3) is 5.82 Å². The number of carbonyl (C=O) groups excluding carboxylic acids is 3. The number of likely N-dealkylation sites (tertiary alicyclic amines) is 1. The molecule has 0 saturated carbocycles. The smallest absolute Gasteiger partial charge is 0.410 e. The number of amides is 3. The normalized spacial score (nSPS) is 19.1. The third kappa shape index (κ3) is 4.78. The second-order valence-corrected chi connectivity index (χ2v) is 10.3. The van der Waals surface area contributed by atoms with Crippen LogP contribution in [0.4, 0.5) is 9.18 Å². The van der Waals surface area contributed by atoms with Crippen molar-refractivity contribution in [2.45, 2.75) is 64.6 Å². The summed E-state index contributed by atoms with van der Waals surface area (Å²) in [5.74, 6) is -0.265. The Hall–Kier alpha value is -3.50. The second kappa shape index (κ2) is 9.51. The van der Waals surface area contributed by atoms with Gasteiger partial charge in [-0.2, -0.15) is 5.10 Å².